The molecule has 6 rings (SSSR count). The summed E-state index contributed by atoms with van der Waals surface area (Å²) in [5.74, 6) is -3.42. The van der Waals surface area contributed by atoms with E-state index < -0.39 is 104 Å². The number of hydrogen-bond donors (Lipinski definition) is 12. The summed E-state index contributed by atoms with van der Waals surface area (Å²) in [4.78, 5) is 12.5. The number of hydrogen-bond acceptors (Lipinski definition) is 18. The SMILES string of the molecule is O=C(/C=C/c1ccc(O)c(O)c1)OC[C@H]1O[C@@H](OC2=Cc3c(O[C@@H]4O[C@H](CO)[C@@H](O)[C@H](O)[C@H]4O)cc(O)cc3[OH+]C2c2ccc(O)c(O)c2)[C@H](O)[C@H](O)[C@@H]1O. The fraction of sp³-hybridized carbons (Fsp3) is 0.361. The Labute approximate surface area is 310 Å². The minimum Gasteiger partial charge on any atom is -0.571 e. The Bertz CT molecular complexity index is 1930. The first-order valence-electron chi connectivity index (χ1n) is 16.7. The van der Waals surface area contributed by atoms with E-state index in [1.807, 2.05) is 0 Å². The van der Waals surface area contributed by atoms with Crippen LogP contribution in [0.4, 0.5) is 0 Å². The standard InChI is InChI=1S/C36H38O19/c37-12-25-28(44)30(46)32(48)35(54-25)52-23-10-16(38)9-22-17(23)11-24(34(51-22)15-3-5-19(40)21(42)8-15)53-36-33(49)31(47)29(45)26(55-36)13-50-27(43)6-2-14-1-4-18(39)20(41)7-14/h1-11,25-26,28-42,44-49H,12-13H2/p+1/b6-2+/t25-,26-,28-,29-,30+,31-,32-,33-,34?,35-,36-/m1/s1. The molecule has 55 heavy (non-hydrogen) atoms. The monoisotopic (exact) mass is 775 g/mol. The van der Waals surface area contributed by atoms with Crippen molar-refractivity contribution >= 4 is 18.1 Å². The van der Waals surface area contributed by atoms with Crippen molar-refractivity contribution in [2.45, 2.75) is 67.5 Å². The molecule has 3 aliphatic rings. The van der Waals surface area contributed by atoms with Crippen LogP contribution in [0.1, 0.15) is 22.8 Å². The number of esters is 1. The van der Waals surface area contributed by atoms with E-state index in [4.69, 9.17) is 23.7 Å². The molecule has 296 valence electrons. The van der Waals surface area contributed by atoms with Crippen molar-refractivity contribution in [1.29, 1.82) is 0 Å². The van der Waals surface area contributed by atoms with Gasteiger partial charge in [0.1, 0.15) is 72.5 Å². The molecule has 3 aromatic rings. The van der Waals surface area contributed by atoms with Crippen LogP contribution in [0.3, 0.4) is 0 Å². The lowest BCUT2D eigenvalue weighted by molar-refractivity contribution is -0.296. The molecule has 3 aliphatic heterocycles. The molecule has 11 atom stereocenters. The number of fused-ring (bicyclic) bond motifs is 1. The third-order valence-electron chi connectivity index (χ3n) is 9.06. The zero-order valence-corrected chi connectivity index (χ0v) is 28.4. The molecule has 0 bridgehead atoms. The fourth-order valence-corrected chi connectivity index (χ4v) is 6.02. The Kier molecular flexibility index (Phi) is 11.6. The highest BCUT2D eigenvalue weighted by Crippen LogP contribution is 2.47. The van der Waals surface area contributed by atoms with E-state index in [0.717, 1.165) is 18.2 Å². The quantitative estimate of drug-likeness (QED) is 0.0499. The molecule has 3 aromatic carbocycles. The van der Waals surface area contributed by atoms with Crippen LogP contribution in [0.5, 0.6) is 40.2 Å². The van der Waals surface area contributed by atoms with Gasteiger partial charge in [-0.1, -0.05) is 6.07 Å². The molecular formula is C36H39O19+. The van der Waals surface area contributed by atoms with Gasteiger partial charge in [0.05, 0.1) is 18.2 Å². The second-order valence-corrected chi connectivity index (χ2v) is 12.9. The minimum atomic E-state index is -1.91. The maximum absolute atomic E-state index is 12.5. The highest BCUT2D eigenvalue weighted by atomic mass is 16.7. The van der Waals surface area contributed by atoms with E-state index in [9.17, 15) is 66.1 Å². The van der Waals surface area contributed by atoms with Crippen LogP contribution in [-0.2, 0) is 23.7 Å². The number of carbonyl (C=O) groups excluding carboxylic acids is 1. The van der Waals surface area contributed by atoms with Gasteiger partial charge in [0.15, 0.2) is 28.8 Å². The van der Waals surface area contributed by atoms with Gasteiger partial charge in [-0.3, -0.25) is 0 Å². The summed E-state index contributed by atoms with van der Waals surface area (Å²) >= 11 is 0. The molecule has 0 aliphatic carbocycles. The Hall–Kier alpha value is -5.35. The van der Waals surface area contributed by atoms with Crippen molar-refractivity contribution in [3.05, 3.63) is 77.1 Å². The molecule has 1 unspecified atom stereocenters. The number of rotatable bonds is 10. The topological polar surface area (TPSA) is 319 Å². The second kappa shape index (κ2) is 16.2. The lowest BCUT2D eigenvalue weighted by Gasteiger charge is -2.41. The Morgan fingerprint density at radius 1 is 0.709 bits per heavy atom. The lowest BCUT2D eigenvalue weighted by Crippen LogP contribution is -2.60. The fourth-order valence-electron chi connectivity index (χ4n) is 6.02. The molecule has 0 aromatic heterocycles. The average Bonchev–Trinajstić information content (AvgIpc) is 3.16. The van der Waals surface area contributed by atoms with Crippen molar-refractivity contribution in [3.8, 4) is 40.2 Å². The van der Waals surface area contributed by atoms with Crippen molar-refractivity contribution in [2.75, 3.05) is 13.2 Å². The van der Waals surface area contributed by atoms with E-state index in [1.165, 1.54) is 48.6 Å². The van der Waals surface area contributed by atoms with E-state index in [0.29, 0.717) is 5.56 Å². The molecule has 0 spiro atoms. The van der Waals surface area contributed by atoms with Gasteiger partial charge < -0.3 is 89.7 Å². The number of aliphatic hydroxyl groups is 8. The molecule has 0 saturated carbocycles. The zero-order chi connectivity index (χ0) is 39.7. The molecular weight excluding hydrogens is 736 g/mol. The van der Waals surface area contributed by atoms with Crippen molar-refractivity contribution in [3.63, 3.8) is 0 Å². The molecule has 13 N–H and O–H groups in total. The molecule has 2 saturated heterocycles. The van der Waals surface area contributed by atoms with Crippen LogP contribution >= 0.6 is 0 Å². The number of benzene rings is 3. The Morgan fingerprint density at radius 2 is 1.33 bits per heavy atom. The van der Waals surface area contributed by atoms with Gasteiger partial charge >= 0.3 is 5.97 Å². The first-order valence-corrected chi connectivity index (χ1v) is 16.7. The molecule has 19 nitrogen and oxygen atoms in total. The first kappa shape index (κ1) is 39.3. The summed E-state index contributed by atoms with van der Waals surface area (Å²) in [5, 5.41) is 123. The Morgan fingerprint density at radius 3 is 1.98 bits per heavy atom. The number of carbonyl (C=O) groups is 1. The van der Waals surface area contributed by atoms with Gasteiger partial charge in [0, 0.05) is 18.2 Å². The molecule has 0 amide bonds. The minimum absolute atomic E-state index is 0.0467. The maximum atomic E-state index is 12.5. The van der Waals surface area contributed by atoms with Gasteiger partial charge in [0.25, 0.3) is 11.9 Å². The van der Waals surface area contributed by atoms with Crippen LogP contribution in [0.2, 0.25) is 0 Å². The highest BCUT2D eigenvalue weighted by Gasteiger charge is 2.48. The zero-order valence-electron chi connectivity index (χ0n) is 28.4. The van der Waals surface area contributed by atoms with Crippen LogP contribution < -0.4 is 4.74 Å². The summed E-state index contributed by atoms with van der Waals surface area (Å²) < 4.78 is 32.9. The lowest BCUT2D eigenvalue weighted by atomic mass is 9.98. The number of phenols is 5. The number of phenolic OH excluding ortho intramolecular Hbond substituents is 5. The van der Waals surface area contributed by atoms with E-state index in [1.54, 1.807) is 0 Å². The summed E-state index contributed by atoms with van der Waals surface area (Å²) in [6.45, 7) is -1.39. The summed E-state index contributed by atoms with van der Waals surface area (Å²) in [6, 6.07) is 9.85. The van der Waals surface area contributed by atoms with Crippen molar-refractivity contribution < 1.29 is 94.5 Å². The summed E-state index contributed by atoms with van der Waals surface area (Å²) in [5.41, 5.74) is 0.612. The van der Waals surface area contributed by atoms with E-state index in [-0.39, 0.29) is 39.9 Å². The second-order valence-electron chi connectivity index (χ2n) is 12.9. The largest absolute Gasteiger partial charge is 0.571 e. The van der Waals surface area contributed by atoms with Crippen LogP contribution in [-0.4, -0.2) is 147 Å². The highest BCUT2D eigenvalue weighted by molar-refractivity contribution is 5.87. The normalized spacial score (nSPS) is 30.5. The summed E-state index contributed by atoms with van der Waals surface area (Å²) in [7, 11) is 0. The van der Waals surface area contributed by atoms with E-state index in [2.05, 4.69) is 4.74 Å². The van der Waals surface area contributed by atoms with Crippen LogP contribution in [0, 0.1) is 0 Å². The molecule has 3 heterocycles. The van der Waals surface area contributed by atoms with Crippen LogP contribution in [0.25, 0.3) is 12.2 Å². The summed E-state index contributed by atoms with van der Waals surface area (Å²) in [6.07, 6.45) is -14.8. The third-order valence-corrected chi connectivity index (χ3v) is 9.06. The first-order chi connectivity index (χ1) is 26.1. The number of aliphatic hydroxyl groups excluding tert-OH is 7. The van der Waals surface area contributed by atoms with Gasteiger partial charge in [-0.25, -0.2) is 4.79 Å². The number of aromatic hydroxyl groups is 6. The number of ether oxygens (including phenoxy) is 6. The van der Waals surface area contributed by atoms with E-state index >= 15 is 0 Å². The third kappa shape index (κ3) is 8.34. The Balaban J connectivity index is 1.27. The van der Waals surface area contributed by atoms with Crippen LogP contribution in [0.15, 0.2) is 60.4 Å². The molecule has 2 fully saturated rings. The van der Waals surface area contributed by atoms with Crippen molar-refractivity contribution in [2.24, 2.45) is 0 Å². The van der Waals surface area contributed by atoms with Gasteiger partial charge in [-0.2, -0.15) is 0 Å². The average molecular weight is 776 g/mol. The van der Waals surface area contributed by atoms with Gasteiger partial charge in [-0.15, -0.1) is 0 Å². The predicted molar refractivity (Wildman–Crippen MR) is 182 cm³/mol. The molecule has 19 heteroatoms. The smallest absolute Gasteiger partial charge is 0.330 e. The predicted octanol–water partition coefficient (Wildman–Crippen LogP) is -1.19. The maximum Gasteiger partial charge on any atom is 0.330 e. The van der Waals surface area contributed by atoms with Gasteiger partial charge in [-0.05, 0) is 42.0 Å². The van der Waals surface area contributed by atoms with Crippen molar-refractivity contribution in [1.82, 2.24) is 0 Å². The molecule has 0 radical (unpaired) electrons. The van der Waals surface area contributed by atoms with Gasteiger partial charge in [0.2, 0.25) is 12.6 Å².